The summed E-state index contributed by atoms with van der Waals surface area (Å²) in [4.78, 5) is 0. The molecule has 2 fully saturated rings. The van der Waals surface area contributed by atoms with E-state index in [1.807, 2.05) is 0 Å². The molecule has 0 spiro atoms. The molecule has 0 unspecified atom stereocenters. The van der Waals surface area contributed by atoms with Crippen LogP contribution in [0.3, 0.4) is 0 Å². The van der Waals surface area contributed by atoms with Gasteiger partial charge in [-0.05, 0) is 38.5 Å². The zero-order valence-electron chi connectivity index (χ0n) is 10.1. The van der Waals surface area contributed by atoms with Crippen LogP contribution in [0.15, 0.2) is 0 Å². The fourth-order valence-corrected chi connectivity index (χ4v) is 4.69. The highest BCUT2D eigenvalue weighted by atomic mass is 32.2. The summed E-state index contributed by atoms with van der Waals surface area (Å²) in [7, 11) is -7.52. The third-order valence-corrected chi connectivity index (χ3v) is 6.05. The van der Waals surface area contributed by atoms with Gasteiger partial charge in [-0.3, -0.25) is 8.37 Å². The van der Waals surface area contributed by atoms with Crippen molar-refractivity contribution in [1.29, 1.82) is 0 Å². The van der Waals surface area contributed by atoms with E-state index < -0.39 is 31.7 Å². The second kappa shape index (κ2) is 5.44. The molecule has 2 aliphatic carbocycles. The Morgan fingerprint density at radius 1 is 0.722 bits per heavy atom. The first-order valence-electron chi connectivity index (χ1n) is 6.18. The van der Waals surface area contributed by atoms with E-state index in [2.05, 4.69) is 0 Å². The van der Waals surface area contributed by atoms with Crippen LogP contribution < -0.4 is 0 Å². The highest BCUT2D eigenvalue weighted by molar-refractivity contribution is 7.90. The second-order valence-electron chi connectivity index (χ2n) is 4.82. The average Bonchev–Trinajstić information content (AvgIpc) is 2.16. The maximum absolute atomic E-state index is 11.5. The lowest BCUT2D eigenvalue weighted by atomic mass is 9.97. The van der Waals surface area contributed by atoms with Crippen molar-refractivity contribution in [2.75, 3.05) is 11.5 Å². The molecular formula is C10H18O6S2. The molecule has 2 aliphatic rings. The van der Waals surface area contributed by atoms with Gasteiger partial charge in [-0.2, -0.15) is 16.8 Å². The largest absolute Gasteiger partial charge is 0.268 e. The predicted molar refractivity (Wildman–Crippen MR) is 65.0 cm³/mol. The molecule has 6 nitrogen and oxygen atoms in total. The van der Waals surface area contributed by atoms with Gasteiger partial charge in [-0.25, -0.2) is 0 Å². The first kappa shape index (κ1) is 14.2. The van der Waals surface area contributed by atoms with Gasteiger partial charge in [0.2, 0.25) is 0 Å². The molecule has 0 bridgehead atoms. The van der Waals surface area contributed by atoms with Gasteiger partial charge in [0.1, 0.15) is 0 Å². The molecule has 0 aromatic carbocycles. The smallest absolute Gasteiger partial charge is 0.267 e. The molecule has 0 aromatic rings. The van der Waals surface area contributed by atoms with Crippen LogP contribution >= 0.6 is 0 Å². The molecule has 0 aromatic heterocycles. The van der Waals surface area contributed by atoms with Crippen molar-refractivity contribution >= 4 is 20.2 Å². The highest BCUT2D eigenvalue weighted by Gasteiger charge is 2.29. The van der Waals surface area contributed by atoms with E-state index in [1.54, 1.807) is 0 Å². The van der Waals surface area contributed by atoms with Crippen LogP contribution in [-0.4, -0.2) is 40.5 Å². The number of rotatable bonds is 7. The Kier molecular flexibility index (Phi) is 4.30. The van der Waals surface area contributed by atoms with Gasteiger partial charge >= 0.3 is 0 Å². The Bertz CT molecular complexity index is 426. The molecule has 0 N–H and O–H groups in total. The summed E-state index contributed by atoms with van der Waals surface area (Å²) in [5.74, 6) is -1.06. The van der Waals surface area contributed by atoms with E-state index >= 15 is 0 Å². The van der Waals surface area contributed by atoms with Crippen LogP contribution in [0.2, 0.25) is 0 Å². The molecule has 0 atom stereocenters. The molecule has 0 heterocycles. The fraction of sp³-hybridized carbons (Fsp3) is 1.00. The van der Waals surface area contributed by atoms with Crippen molar-refractivity contribution in [2.24, 2.45) is 0 Å². The fourth-order valence-electron chi connectivity index (χ4n) is 1.65. The Hall–Kier alpha value is -0.180. The zero-order chi connectivity index (χ0) is 13.2. The quantitative estimate of drug-likeness (QED) is 0.646. The van der Waals surface area contributed by atoms with Gasteiger partial charge in [-0.1, -0.05) is 0 Å². The van der Waals surface area contributed by atoms with Crippen molar-refractivity contribution in [3.63, 3.8) is 0 Å². The Morgan fingerprint density at radius 2 is 1.06 bits per heavy atom. The summed E-state index contributed by atoms with van der Waals surface area (Å²) < 4.78 is 55.8. The lowest BCUT2D eigenvalue weighted by Crippen LogP contribution is -2.31. The predicted octanol–water partition coefficient (Wildman–Crippen LogP) is 0.784. The lowest BCUT2D eigenvalue weighted by molar-refractivity contribution is 0.125. The van der Waals surface area contributed by atoms with Gasteiger partial charge < -0.3 is 0 Å². The van der Waals surface area contributed by atoms with Crippen LogP contribution in [0, 0.1) is 0 Å². The standard InChI is InChI=1S/C10H18O6S2/c11-17(12,15-9-3-1-4-9)7-8-18(13,14)16-10-5-2-6-10/h9-10H,1-8H2. The first-order chi connectivity index (χ1) is 8.36. The van der Waals surface area contributed by atoms with Crippen molar-refractivity contribution in [1.82, 2.24) is 0 Å². The second-order valence-corrected chi connectivity index (χ2v) is 8.25. The van der Waals surface area contributed by atoms with Gasteiger partial charge in [0.15, 0.2) is 0 Å². The van der Waals surface area contributed by atoms with Gasteiger partial charge in [0.05, 0.1) is 23.7 Å². The SMILES string of the molecule is O=S(=O)(CCS(=O)(=O)OC1CCC1)OC1CCC1. The molecule has 0 aliphatic heterocycles. The van der Waals surface area contributed by atoms with Gasteiger partial charge in [0.25, 0.3) is 20.2 Å². The normalized spacial score (nSPS) is 22.4. The summed E-state index contributed by atoms with van der Waals surface area (Å²) in [6.45, 7) is 0. The van der Waals surface area contributed by atoms with Crippen LogP contribution in [0.25, 0.3) is 0 Å². The zero-order valence-corrected chi connectivity index (χ0v) is 11.7. The summed E-state index contributed by atoms with van der Waals surface area (Å²) in [5.41, 5.74) is 0. The van der Waals surface area contributed by atoms with Gasteiger partial charge in [-0.15, -0.1) is 0 Å². The van der Waals surface area contributed by atoms with E-state index in [1.165, 1.54) is 0 Å². The summed E-state index contributed by atoms with van der Waals surface area (Å²) in [6, 6.07) is 0. The summed E-state index contributed by atoms with van der Waals surface area (Å²) in [5, 5.41) is 0. The van der Waals surface area contributed by atoms with E-state index in [4.69, 9.17) is 8.37 Å². The number of hydrogen-bond donors (Lipinski definition) is 0. The monoisotopic (exact) mass is 298 g/mol. The van der Waals surface area contributed by atoms with E-state index in [9.17, 15) is 16.8 Å². The molecule has 18 heavy (non-hydrogen) atoms. The highest BCUT2D eigenvalue weighted by Crippen LogP contribution is 2.25. The van der Waals surface area contributed by atoms with E-state index in [0.29, 0.717) is 0 Å². The number of hydrogen-bond acceptors (Lipinski definition) is 6. The van der Waals surface area contributed by atoms with Crippen LogP contribution in [0.4, 0.5) is 0 Å². The van der Waals surface area contributed by atoms with Crippen LogP contribution in [0.5, 0.6) is 0 Å². The van der Waals surface area contributed by atoms with Gasteiger partial charge in [0, 0.05) is 0 Å². The molecular weight excluding hydrogens is 280 g/mol. The van der Waals surface area contributed by atoms with Crippen molar-refractivity contribution in [2.45, 2.75) is 50.7 Å². The van der Waals surface area contributed by atoms with Crippen molar-refractivity contribution in [3.05, 3.63) is 0 Å². The topological polar surface area (TPSA) is 86.7 Å². The van der Waals surface area contributed by atoms with Crippen LogP contribution in [0.1, 0.15) is 38.5 Å². The summed E-state index contributed by atoms with van der Waals surface area (Å²) in [6.07, 6.45) is 4.31. The molecule has 2 saturated carbocycles. The Morgan fingerprint density at radius 3 is 1.28 bits per heavy atom. The molecule has 0 radical (unpaired) electrons. The Balaban J connectivity index is 1.77. The maximum atomic E-state index is 11.5. The van der Waals surface area contributed by atoms with E-state index in [0.717, 1.165) is 38.5 Å². The van der Waals surface area contributed by atoms with Crippen LogP contribution in [-0.2, 0) is 28.6 Å². The molecule has 2 rings (SSSR count). The lowest BCUT2D eigenvalue weighted by Gasteiger charge is -2.25. The minimum Gasteiger partial charge on any atom is -0.267 e. The Labute approximate surface area is 108 Å². The van der Waals surface area contributed by atoms with E-state index in [-0.39, 0.29) is 12.2 Å². The average molecular weight is 298 g/mol. The third kappa shape index (κ3) is 4.18. The molecule has 0 saturated heterocycles. The third-order valence-electron chi connectivity index (χ3n) is 3.25. The summed E-state index contributed by atoms with van der Waals surface area (Å²) >= 11 is 0. The maximum Gasteiger partial charge on any atom is 0.268 e. The minimum atomic E-state index is -3.76. The van der Waals surface area contributed by atoms with Crippen molar-refractivity contribution in [3.8, 4) is 0 Å². The molecule has 0 amide bonds. The molecule has 8 heteroatoms. The first-order valence-corrected chi connectivity index (χ1v) is 9.34. The molecule has 106 valence electrons. The minimum absolute atomic E-state index is 0.259. The van der Waals surface area contributed by atoms with Crippen molar-refractivity contribution < 1.29 is 25.2 Å².